The zero-order valence-corrected chi connectivity index (χ0v) is 13.3. The molecule has 5 heteroatoms. The van der Waals surface area contributed by atoms with Gasteiger partial charge in [-0.3, -0.25) is 4.79 Å². The Morgan fingerprint density at radius 3 is 2.76 bits per heavy atom. The van der Waals surface area contributed by atoms with Crippen molar-refractivity contribution in [2.45, 2.75) is 12.7 Å². The van der Waals surface area contributed by atoms with E-state index in [2.05, 4.69) is 24.4 Å². The number of hydrogen-bond donors (Lipinski definition) is 2. The third kappa shape index (κ3) is 4.69. The second-order valence-electron chi connectivity index (χ2n) is 4.70. The fourth-order valence-corrected chi connectivity index (χ4v) is 2.87. The van der Waals surface area contributed by atoms with Crippen molar-refractivity contribution < 1.29 is 4.79 Å². The first-order valence-electron chi connectivity index (χ1n) is 6.53. The quantitative estimate of drug-likeness (QED) is 0.815. The van der Waals surface area contributed by atoms with Crippen LogP contribution in [0.15, 0.2) is 42.5 Å². The summed E-state index contributed by atoms with van der Waals surface area (Å²) in [6.45, 7) is 2.08. The number of halogens is 1. The van der Waals surface area contributed by atoms with Gasteiger partial charge in [0.2, 0.25) is 5.91 Å². The van der Waals surface area contributed by atoms with E-state index >= 15 is 0 Å². The van der Waals surface area contributed by atoms with E-state index in [0.29, 0.717) is 22.2 Å². The van der Waals surface area contributed by atoms with E-state index in [1.54, 1.807) is 30.0 Å². The second kappa shape index (κ2) is 7.38. The summed E-state index contributed by atoms with van der Waals surface area (Å²) in [5.41, 5.74) is 9.33. The van der Waals surface area contributed by atoms with Crippen LogP contribution in [0.5, 0.6) is 0 Å². The average Bonchev–Trinajstić information content (AvgIpc) is 2.45. The molecular formula is C16H17ClN2OS. The summed E-state index contributed by atoms with van der Waals surface area (Å²) < 4.78 is 0. The van der Waals surface area contributed by atoms with Crippen LogP contribution in [0.2, 0.25) is 5.02 Å². The molecule has 0 spiro atoms. The van der Waals surface area contributed by atoms with Gasteiger partial charge in [0.1, 0.15) is 0 Å². The van der Waals surface area contributed by atoms with Gasteiger partial charge in [0.05, 0.1) is 16.5 Å². The van der Waals surface area contributed by atoms with Gasteiger partial charge in [0, 0.05) is 11.4 Å². The molecule has 0 bridgehead atoms. The molecule has 21 heavy (non-hydrogen) atoms. The predicted octanol–water partition coefficient (Wildman–Crippen LogP) is 4.10. The highest BCUT2D eigenvalue weighted by molar-refractivity contribution is 7.99. The molecule has 0 aromatic heterocycles. The third-order valence-electron chi connectivity index (χ3n) is 3.03. The molecule has 0 heterocycles. The Hall–Kier alpha value is -1.65. The lowest BCUT2D eigenvalue weighted by atomic mass is 10.1. The molecule has 0 saturated heterocycles. The van der Waals surface area contributed by atoms with Gasteiger partial charge < -0.3 is 11.1 Å². The fraction of sp³-hybridized carbons (Fsp3) is 0.188. The Labute approximate surface area is 133 Å². The van der Waals surface area contributed by atoms with Crippen LogP contribution < -0.4 is 11.1 Å². The minimum atomic E-state index is -0.0460. The molecule has 110 valence electrons. The van der Waals surface area contributed by atoms with Crippen molar-refractivity contribution in [2.75, 3.05) is 16.8 Å². The molecule has 3 N–H and O–H groups in total. The SMILES string of the molecule is Cc1ccccc1CSCC(=O)Nc1ccc(Cl)c(N)c1. The first kappa shape index (κ1) is 15.7. The van der Waals surface area contributed by atoms with Gasteiger partial charge >= 0.3 is 0 Å². The molecular weight excluding hydrogens is 304 g/mol. The normalized spacial score (nSPS) is 10.4. The van der Waals surface area contributed by atoms with Crippen LogP contribution in [0.4, 0.5) is 11.4 Å². The number of carbonyl (C=O) groups excluding carboxylic acids is 1. The highest BCUT2D eigenvalue weighted by Gasteiger charge is 2.05. The van der Waals surface area contributed by atoms with E-state index in [1.165, 1.54) is 11.1 Å². The molecule has 0 aliphatic heterocycles. The summed E-state index contributed by atoms with van der Waals surface area (Å²) in [5, 5.41) is 3.30. The number of carbonyl (C=O) groups is 1. The van der Waals surface area contributed by atoms with Crippen molar-refractivity contribution in [1.82, 2.24) is 0 Å². The molecule has 0 saturated carbocycles. The largest absolute Gasteiger partial charge is 0.397 e. The summed E-state index contributed by atoms with van der Waals surface area (Å²) in [5.74, 6) is 1.18. The highest BCUT2D eigenvalue weighted by atomic mass is 35.5. The number of amides is 1. The lowest BCUT2D eigenvalue weighted by Crippen LogP contribution is -2.14. The van der Waals surface area contributed by atoms with Crippen LogP contribution in [0.3, 0.4) is 0 Å². The van der Waals surface area contributed by atoms with Crippen molar-refractivity contribution in [3.8, 4) is 0 Å². The highest BCUT2D eigenvalue weighted by Crippen LogP contribution is 2.22. The molecule has 0 atom stereocenters. The number of hydrogen-bond acceptors (Lipinski definition) is 3. The molecule has 0 aliphatic rings. The van der Waals surface area contributed by atoms with E-state index in [0.717, 1.165) is 5.75 Å². The lowest BCUT2D eigenvalue weighted by molar-refractivity contribution is -0.113. The van der Waals surface area contributed by atoms with E-state index in [4.69, 9.17) is 17.3 Å². The van der Waals surface area contributed by atoms with Gasteiger partial charge in [-0.2, -0.15) is 0 Å². The molecule has 0 radical (unpaired) electrons. The molecule has 3 nitrogen and oxygen atoms in total. The topological polar surface area (TPSA) is 55.1 Å². The van der Waals surface area contributed by atoms with Gasteiger partial charge in [-0.25, -0.2) is 0 Å². The first-order chi connectivity index (χ1) is 10.1. The van der Waals surface area contributed by atoms with Crippen LogP contribution in [-0.2, 0) is 10.5 Å². The maximum absolute atomic E-state index is 11.9. The van der Waals surface area contributed by atoms with Gasteiger partial charge in [-0.15, -0.1) is 11.8 Å². The minimum Gasteiger partial charge on any atom is -0.397 e. The summed E-state index contributed by atoms with van der Waals surface area (Å²) in [4.78, 5) is 11.9. The van der Waals surface area contributed by atoms with Crippen molar-refractivity contribution in [3.05, 3.63) is 58.6 Å². The Kier molecular flexibility index (Phi) is 5.53. The van der Waals surface area contributed by atoms with E-state index < -0.39 is 0 Å². The average molecular weight is 321 g/mol. The predicted molar refractivity (Wildman–Crippen MR) is 91.8 cm³/mol. The molecule has 2 aromatic rings. The molecule has 0 aliphatic carbocycles. The Bertz CT molecular complexity index is 646. The number of aryl methyl sites for hydroxylation is 1. The Balaban J connectivity index is 1.82. The molecule has 2 rings (SSSR count). The van der Waals surface area contributed by atoms with Gasteiger partial charge in [-0.05, 0) is 36.2 Å². The van der Waals surface area contributed by atoms with Crippen molar-refractivity contribution in [2.24, 2.45) is 0 Å². The number of nitrogen functional groups attached to an aromatic ring is 1. The van der Waals surface area contributed by atoms with Crippen LogP contribution in [-0.4, -0.2) is 11.7 Å². The first-order valence-corrected chi connectivity index (χ1v) is 8.06. The number of anilines is 2. The Morgan fingerprint density at radius 2 is 2.05 bits per heavy atom. The maximum Gasteiger partial charge on any atom is 0.234 e. The van der Waals surface area contributed by atoms with Crippen LogP contribution in [0, 0.1) is 6.92 Å². The Morgan fingerprint density at radius 1 is 1.29 bits per heavy atom. The summed E-state index contributed by atoms with van der Waals surface area (Å²) >= 11 is 7.43. The molecule has 1 amide bonds. The summed E-state index contributed by atoms with van der Waals surface area (Å²) in [7, 11) is 0. The van der Waals surface area contributed by atoms with E-state index in [1.807, 2.05) is 12.1 Å². The standard InChI is InChI=1S/C16H17ClN2OS/c1-11-4-2-3-5-12(11)9-21-10-16(20)19-13-6-7-14(17)15(18)8-13/h2-8H,9-10,18H2,1H3,(H,19,20). The monoisotopic (exact) mass is 320 g/mol. The van der Waals surface area contributed by atoms with Crippen molar-refractivity contribution in [3.63, 3.8) is 0 Å². The zero-order valence-electron chi connectivity index (χ0n) is 11.7. The zero-order chi connectivity index (χ0) is 15.2. The summed E-state index contributed by atoms with van der Waals surface area (Å²) in [6.07, 6.45) is 0. The van der Waals surface area contributed by atoms with Crippen LogP contribution in [0.25, 0.3) is 0 Å². The fourth-order valence-electron chi connectivity index (χ4n) is 1.84. The maximum atomic E-state index is 11.9. The number of benzene rings is 2. The van der Waals surface area contributed by atoms with Crippen molar-refractivity contribution in [1.29, 1.82) is 0 Å². The smallest absolute Gasteiger partial charge is 0.234 e. The summed E-state index contributed by atoms with van der Waals surface area (Å²) in [6, 6.07) is 13.3. The van der Waals surface area contributed by atoms with Gasteiger partial charge in [0.25, 0.3) is 0 Å². The van der Waals surface area contributed by atoms with Gasteiger partial charge in [-0.1, -0.05) is 35.9 Å². The second-order valence-corrected chi connectivity index (χ2v) is 6.10. The van der Waals surface area contributed by atoms with Crippen LogP contribution >= 0.6 is 23.4 Å². The van der Waals surface area contributed by atoms with Crippen molar-refractivity contribution >= 4 is 40.6 Å². The van der Waals surface area contributed by atoms with Gasteiger partial charge in [0.15, 0.2) is 0 Å². The minimum absolute atomic E-state index is 0.0460. The van der Waals surface area contributed by atoms with E-state index in [-0.39, 0.29) is 5.91 Å². The number of nitrogens with two attached hydrogens (primary N) is 1. The number of thioether (sulfide) groups is 1. The number of nitrogens with one attached hydrogen (secondary N) is 1. The van der Waals surface area contributed by atoms with Crippen LogP contribution in [0.1, 0.15) is 11.1 Å². The number of rotatable bonds is 5. The molecule has 0 fully saturated rings. The molecule has 0 unspecified atom stereocenters. The van der Waals surface area contributed by atoms with E-state index in [9.17, 15) is 4.79 Å². The molecule has 2 aromatic carbocycles. The lowest BCUT2D eigenvalue weighted by Gasteiger charge is -2.08. The third-order valence-corrected chi connectivity index (χ3v) is 4.36.